The zero-order valence-electron chi connectivity index (χ0n) is 6.35. The van der Waals surface area contributed by atoms with E-state index in [1.807, 2.05) is 6.07 Å². The van der Waals surface area contributed by atoms with Crippen LogP contribution in [0.1, 0.15) is 12.0 Å². The van der Waals surface area contributed by atoms with E-state index in [-0.39, 0.29) is 0 Å². The minimum Gasteiger partial charge on any atom is -0.262 e. The third-order valence-electron chi connectivity index (χ3n) is 1.16. The van der Waals surface area contributed by atoms with Gasteiger partial charge in [0.05, 0.1) is 0 Å². The van der Waals surface area contributed by atoms with E-state index in [4.69, 9.17) is 11.6 Å². The molecule has 0 amide bonds. The average molecular weight is 245 g/mol. The Hall–Kier alpha value is -0.520. The topological polar surface area (TPSA) is 12.9 Å². The maximum atomic E-state index is 5.47. The fourth-order valence-electron chi connectivity index (χ4n) is 0.692. The highest BCUT2D eigenvalue weighted by atomic mass is 79.9. The van der Waals surface area contributed by atoms with Crippen molar-refractivity contribution in [1.29, 1.82) is 0 Å². The maximum Gasteiger partial charge on any atom is 0.0439 e. The summed E-state index contributed by atoms with van der Waals surface area (Å²) in [5, 5.41) is 0. The van der Waals surface area contributed by atoms with Crippen molar-refractivity contribution in [3.05, 3.63) is 28.5 Å². The van der Waals surface area contributed by atoms with Crippen LogP contribution in [0.4, 0.5) is 0 Å². The van der Waals surface area contributed by atoms with Crippen molar-refractivity contribution in [3.8, 4) is 11.8 Å². The Bertz CT molecular complexity index is 314. The van der Waals surface area contributed by atoms with E-state index in [9.17, 15) is 0 Å². The molecule has 0 fully saturated rings. The summed E-state index contributed by atoms with van der Waals surface area (Å²) in [5.41, 5.74) is 0.912. The van der Waals surface area contributed by atoms with Crippen molar-refractivity contribution < 1.29 is 0 Å². The molecular weight excluding hydrogens is 237 g/mol. The summed E-state index contributed by atoms with van der Waals surface area (Å²) in [5.74, 6) is 6.47. The summed E-state index contributed by atoms with van der Waals surface area (Å²) < 4.78 is 0.945. The fraction of sp³-hybridized carbons (Fsp3) is 0.222. The fourth-order valence-corrected chi connectivity index (χ4v) is 1.15. The van der Waals surface area contributed by atoms with E-state index in [0.29, 0.717) is 12.3 Å². The van der Waals surface area contributed by atoms with Gasteiger partial charge in [-0.2, -0.15) is 0 Å². The molecule has 1 heterocycles. The molecule has 1 aromatic rings. The van der Waals surface area contributed by atoms with E-state index >= 15 is 0 Å². The van der Waals surface area contributed by atoms with Crippen LogP contribution in [0, 0.1) is 11.8 Å². The lowest BCUT2D eigenvalue weighted by Gasteiger charge is -1.89. The quantitative estimate of drug-likeness (QED) is 0.547. The van der Waals surface area contributed by atoms with Gasteiger partial charge in [0.2, 0.25) is 0 Å². The number of halogens is 2. The van der Waals surface area contributed by atoms with Gasteiger partial charge in [0.25, 0.3) is 0 Å². The number of pyridine rings is 1. The lowest BCUT2D eigenvalue weighted by molar-refractivity contribution is 1.27. The molecule has 12 heavy (non-hydrogen) atoms. The Morgan fingerprint density at radius 1 is 1.50 bits per heavy atom. The average Bonchev–Trinajstić information content (AvgIpc) is 2.05. The normalized spacial score (nSPS) is 8.83. The number of hydrogen-bond acceptors (Lipinski definition) is 1. The van der Waals surface area contributed by atoms with E-state index in [1.165, 1.54) is 0 Å². The maximum absolute atomic E-state index is 5.47. The van der Waals surface area contributed by atoms with Crippen LogP contribution in [0.2, 0.25) is 0 Å². The van der Waals surface area contributed by atoms with Crippen LogP contribution in [0.15, 0.2) is 22.9 Å². The zero-order chi connectivity index (χ0) is 8.81. The Morgan fingerprint density at radius 3 is 3.00 bits per heavy atom. The summed E-state index contributed by atoms with van der Waals surface area (Å²) in [6.07, 6.45) is 4.17. The minimum atomic E-state index is 0.578. The standard InChI is InChI=1S/C9H7BrClN/c10-9-5-8(6-12-7-9)3-1-2-4-11/h5-7H,2,4H2. The highest BCUT2D eigenvalue weighted by Crippen LogP contribution is 2.08. The van der Waals surface area contributed by atoms with Crippen molar-refractivity contribution in [2.75, 3.05) is 5.88 Å². The van der Waals surface area contributed by atoms with Gasteiger partial charge < -0.3 is 0 Å². The molecule has 1 nitrogen and oxygen atoms in total. The Kier molecular flexibility index (Phi) is 4.13. The van der Waals surface area contributed by atoms with E-state index in [2.05, 4.69) is 32.8 Å². The number of alkyl halides is 1. The van der Waals surface area contributed by atoms with Crippen LogP contribution in [0.5, 0.6) is 0 Å². The van der Waals surface area contributed by atoms with Crippen molar-refractivity contribution in [1.82, 2.24) is 4.98 Å². The summed E-state index contributed by atoms with van der Waals surface area (Å²) in [6, 6.07) is 1.92. The highest BCUT2D eigenvalue weighted by Gasteiger charge is 1.88. The summed E-state index contributed by atoms with van der Waals surface area (Å²) in [4.78, 5) is 3.98. The molecule has 0 radical (unpaired) electrons. The van der Waals surface area contributed by atoms with E-state index in [0.717, 1.165) is 10.0 Å². The van der Waals surface area contributed by atoms with Gasteiger partial charge in [0, 0.05) is 34.7 Å². The van der Waals surface area contributed by atoms with Gasteiger partial charge >= 0.3 is 0 Å². The molecule has 0 spiro atoms. The third-order valence-corrected chi connectivity index (χ3v) is 1.78. The number of aromatic nitrogens is 1. The number of hydrogen-bond donors (Lipinski definition) is 0. The molecule has 1 rings (SSSR count). The molecule has 0 aromatic carbocycles. The summed E-state index contributed by atoms with van der Waals surface area (Å²) in [7, 11) is 0. The van der Waals surface area contributed by atoms with Gasteiger partial charge in [-0.25, -0.2) is 0 Å². The molecule has 0 aliphatic carbocycles. The van der Waals surface area contributed by atoms with Crippen molar-refractivity contribution >= 4 is 27.5 Å². The number of nitrogens with zero attached hydrogens (tertiary/aromatic N) is 1. The first kappa shape index (κ1) is 9.57. The molecule has 3 heteroatoms. The lowest BCUT2D eigenvalue weighted by atomic mass is 10.3. The first-order valence-corrected chi connectivity index (χ1v) is 4.81. The van der Waals surface area contributed by atoms with Crippen molar-refractivity contribution in [3.63, 3.8) is 0 Å². The highest BCUT2D eigenvalue weighted by molar-refractivity contribution is 9.10. The second-order valence-electron chi connectivity index (χ2n) is 2.13. The Morgan fingerprint density at radius 2 is 2.33 bits per heavy atom. The summed E-state index contributed by atoms with van der Waals surface area (Å²) >= 11 is 8.79. The lowest BCUT2D eigenvalue weighted by Crippen LogP contribution is -1.77. The molecule has 0 aliphatic heterocycles. The van der Waals surface area contributed by atoms with Gasteiger partial charge in [-0.3, -0.25) is 4.98 Å². The molecule has 62 valence electrons. The molecule has 0 saturated heterocycles. The van der Waals surface area contributed by atoms with Gasteiger partial charge in [-0.15, -0.1) is 11.6 Å². The second kappa shape index (κ2) is 5.18. The minimum absolute atomic E-state index is 0.578. The van der Waals surface area contributed by atoms with Crippen LogP contribution < -0.4 is 0 Å². The molecular formula is C9H7BrClN. The molecule has 0 atom stereocenters. The van der Waals surface area contributed by atoms with Gasteiger partial charge in [-0.05, 0) is 22.0 Å². The van der Waals surface area contributed by atoms with Crippen LogP contribution in [0.3, 0.4) is 0 Å². The largest absolute Gasteiger partial charge is 0.262 e. The molecule has 0 unspecified atom stereocenters. The predicted molar refractivity (Wildman–Crippen MR) is 54.2 cm³/mol. The van der Waals surface area contributed by atoms with Crippen LogP contribution in [-0.2, 0) is 0 Å². The molecule has 0 N–H and O–H groups in total. The van der Waals surface area contributed by atoms with E-state index < -0.39 is 0 Å². The van der Waals surface area contributed by atoms with Gasteiger partial charge in [0.15, 0.2) is 0 Å². The first-order chi connectivity index (χ1) is 5.83. The predicted octanol–water partition coefficient (Wildman–Crippen LogP) is 2.82. The van der Waals surface area contributed by atoms with Crippen LogP contribution >= 0.6 is 27.5 Å². The Balaban J connectivity index is 2.71. The molecule has 0 aliphatic rings. The molecule has 1 aromatic heterocycles. The SMILES string of the molecule is ClCCC#Cc1cncc(Br)c1. The third kappa shape index (κ3) is 3.25. The Labute approximate surface area is 85.3 Å². The van der Waals surface area contributed by atoms with Gasteiger partial charge in [-0.1, -0.05) is 11.8 Å². The van der Waals surface area contributed by atoms with Crippen molar-refractivity contribution in [2.24, 2.45) is 0 Å². The number of rotatable bonds is 1. The first-order valence-electron chi connectivity index (χ1n) is 3.48. The van der Waals surface area contributed by atoms with E-state index in [1.54, 1.807) is 12.4 Å². The smallest absolute Gasteiger partial charge is 0.0439 e. The van der Waals surface area contributed by atoms with Crippen LogP contribution in [0.25, 0.3) is 0 Å². The second-order valence-corrected chi connectivity index (χ2v) is 3.43. The van der Waals surface area contributed by atoms with Crippen molar-refractivity contribution in [2.45, 2.75) is 6.42 Å². The monoisotopic (exact) mass is 243 g/mol. The zero-order valence-corrected chi connectivity index (χ0v) is 8.69. The summed E-state index contributed by atoms with van der Waals surface area (Å²) in [6.45, 7) is 0. The molecule has 0 saturated carbocycles. The van der Waals surface area contributed by atoms with Gasteiger partial charge in [0.1, 0.15) is 0 Å². The van der Waals surface area contributed by atoms with Crippen LogP contribution in [-0.4, -0.2) is 10.9 Å². The molecule has 0 bridgehead atoms.